The Labute approximate surface area is 100 Å². The highest BCUT2D eigenvalue weighted by molar-refractivity contribution is 5.81. The molecule has 17 heavy (non-hydrogen) atoms. The van der Waals surface area contributed by atoms with Crippen LogP contribution in [0.5, 0.6) is 0 Å². The molecule has 1 amide bonds. The Morgan fingerprint density at radius 1 is 1.12 bits per heavy atom. The minimum atomic E-state index is -0.566. The van der Waals surface area contributed by atoms with Crippen LogP contribution in [0.1, 0.15) is 12.8 Å². The molecule has 0 aliphatic carbocycles. The molecule has 0 atom stereocenters. The van der Waals surface area contributed by atoms with Crippen LogP contribution in [0.15, 0.2) is 12.7 Å². The summed E-state index contributed by atoms with van der Waals surface area (Å²) in [4.78, 5) is 34.3. The lowest BCUT2D eigenvalue weighted by atomic mass is 10.3. The van der Waals surface area contributed by atoms with Gasteiger partial charge in [0.25, 0.3) is 0 Å². The molecule has 0 N–H and O–H groups in total. The van der Waals surface area contributed by atoms with Crippen molar-refractivity contribution in [3.05, 3.63) is 12.7 Å². The minimum absolute atomic E-state index is 0.0157. The molecule has 6 heteroatoms. The first kappa shape index (κ1) is 15.2. The third-order valence-corrected chi connectivity index (χ3v) is 1.80. The standard InChI is InChI=1S/C11H17NO5/c1-4-10(14)16-7-8-17-11(15)6-5-9(13)12(2)3/h4H,1,5-8H2,2-3H3. The van der Waals surface area contributed by atoms with Crippen LogP contribution in [0.4, 0.5) is 0 Å². The number of hydrogen-bond donors (Lipinski definition) is 0. The van der Waals surface area contributed by atoms with Crippen LogP contribution in [0, 0.1) is 0 Å². The molecule has 0 heterocycles. The van der Waals surface area contributed by atoms with Gasteiger partial charge in [-0.1, -0.05) is 6.58 Å². The van der Waals surface area contributed by atoms with Crippen LogP contribution in [-0.4, -0.2) is 50.1 Å². The van der Waals surface area contributed by atoms with Crippen molar-refractivity contribution in [3.63, 3.8) is 0 Å². The number of ether oxygens (including phenoxy) is 2. The number of hydrogen-bond acceptors (Lipinski definition) is 5. The number of nitrogens with zero attached hydrogens (tertiary/aromatic N) is 1. The maximum atomic E-state index is 11.1. The molecule has 0 saturated heterocycles. The Kier molecular flexibility index (Phi) is 7.41. The summed E-state index contributed by atoms with van der Waals surface area (Å²) in [6.07, 6.45) is 1.16. The molecular weight excluding hydrogens is 226 g/mol. The molecule has 96 valence electrons. The zero-order valence-electron chi connectivity index (χ0n) is 10.1. The molecule has 0 aliphatic rings. The number of carbonyl (C=O) groups excluding carboxylic acids is 3. The van der Waals surface area contributed by atoms with E-state index in [0.29, 0.717) is 0 Å². The molecule has 0 unspecified atom stereocenters. The van der Waals surface area contributed by atoms with Crippen molar-refractivity contribution in [1.82, 2.24) is 4.90 Å². The van der Waals surface area contributed by atoms with Crippen LogP contribution >= 0.6 is 0 Å². The molecule has 0 aromatic heterocycles. The van der Waals surface area contributed by atoms with Crippen LogP contribution < -0.4 is 0 Å². The molecule has 0 rings (SSSR count). The number of amides is 1. The summed E-state index contributed by atoms with van der Waals surface area (Å²) in [7, 11) is 3.23. The van der Waals surface area contributed by atoms with Gasteiger partial charge in [-0.15, -0.1) is 0 Å². The smallest absolute Gasteiger partial charge is 0.330 e. The van der Waals surface area contributed by atoms with E-state index in [0.717, 1.165) is 6.08 Å². The fraction of sp³-hybridized carbons (Fsp3) is 0.545. The monoisotopic (exact) mass is 243 g/mol. The van der Waals surface area contributed by atoms with Gasteiger partial charge in [-0.25, -0.2) is 4.79 Å². The Morgan fingerprint density at radius 2 is 1.71 bits per heavy atom. The van der Waals surface area contributed by atoms with Crippen molar-refractivity contribution >= 4 is 17.8 Å². The van der Waals surface area contributed by atoms with Crippen LogP contribution in [0.25, 0.3) is 0 Å². The molecule has 0 aromatic carbocycles. The van der Waals surface area contributed by atoms with Crippen molar-refractivity contribution in [2.75, 3.05) is 27.3 Å². The predicted octanol–water partition coefficient (Wildman–Crippen LogP) is 0.127. The third-order valence-electron chi connectivity index (χ3n) is 1.80. The first-order valence-corrected chi connectivity index (χ1v) is 5.12. The maximum Gasteiger partial charge on any atom is 0.330 e. The summed E-state index contributed by atoms with van der Waals surface area (Å²) in [5.41, 5.74) is 0. The maximum absolute atomic E-state index is 11.1. The van der Waals surface area contributed by atoms with Crippen LogP contribution in [0.2, 0.25) is 0 Å². The fourth-order valence-corrected chi connectivity index (χ4v) is 0.861. The van der Waals surface area contributed by atoms with Gasteiger partial charge in [-0.3, -0.25) is 9.59 Å². The zero-order chi connectivity index (χ0) is 13.3. The molecule has 0 aliphatic heterocycles. The summed E-state index contributed by atoms with van der Waals surface area (Å²) >= 11 is 0. The van der Waals surface area contributed by atoms with Gasteiger partial charge in [-0.2, -0.15) is 0 Å². The third kappa shape index (κ3) is 8.01. The predicted molar refractivity (Wildman–Crippen MR) is 60.0 cm³/mol. The van der Waals surface area contributed by atoms with Crippen molar-refractivity contribution in [2.45, 2.75) is 12.8 Å². The first-order valence-electron chi connectivity index (χ1n) is 5.12. The lowest BCUT2D eigenvalue weighted by Gasteiger charge is -2.09. The summed E-state index contributed by atoms with van der Waals surface area (Å²) in [6, 6.07) is 0. The number of carbonyl (C=O) groups is 3. The van der Waals surface area contributed by atoms with Gasteiger partial charge in [0.2, 0.25) is 5.91 Å². The largest absolute Gasteiger partial charge is 0.462 e. The van der Waals surface area contributed by atoms with Gasteiger partial charge in [0.1, 0.15) is 13.2 Å². The van der Waals surface area contributed by atoms with Gasteiger partial charge >= 0.3 is 11.9 Å². The van der Waals surface area contributed by atoms with E-state index in [2.05, 4.69) is 11.3 Å². The Morgan fingerprint density at radius 3 is 2.24 bits per heavy atom. The van der Waals surface area contributed by atoms with Crippen molar-refractivity contribution < 1.29 is 23.9 Å². The molecular formula is C11H17NO5. The van der Waals surface area contributed by atoms with Crippen LogP contribution in [-0.2, 0) is 23.9 Å². The topological polar surface area (TPSA) is 72.9 Å². The normalized spacial score (nSPS) is 9.29. The second-order valence-electron chi connectivity index (χ2n) is 3.38. The molecule has 0 spiro atoms. The second kappa shape index (κ2) is 8.32. The molecule has 0 saturated carbocycles. The summed E-state index contributed by atoms with van der Waals surface area (Å²) < 4.78 is 9.34. The Hall–Kier alpha value is -1.85. The van der Waals surface area contributed by atoms with Gasteiger partial charge in [0.05, 0.1) is 6.42 Å². The average Bonchev–Trinajstić information content (AvgIpc) is 2.30. The molecule has 6 nitrogen and oxygen atoms in total. The fourth-order valence-electron chi connectivity index (χ4n) is 0.861. The van der Waals surface area contributed by atoms with Crippen LogP contribution in [0.3, 0.4) is 0 Å². The second-order valence-corrected chi connectivity index (χ2v) is 3.38. The lowest BCUT2D eigenvalue weighted by Crippen LogP contribution is -2.22. The van der Waals surface area contributed by atoms with Gasteiger partial charge in [0, 0.05) is 26.6 Å². The Bertz CT molecular complexity index is 298. The average molecular weight is 243 g/mol. The van der Waals surface area contributed by atoms with Crippen molar-refractivity contribution in [2.24, 2.45) is 0 Å². The molecule has 0 radical (unpaired) electrons. The molecule has 0 fully saturated rings. The summed E-state index contributed by atoms with van der Waals surface area (Å²) in [6.45, 7) is 3.18. The van der Waals surface area contributed by atoms with Crippen molar-refractivity contribution in [1.29, 1.82) is 0 Å². The lowest BCUT2D eigenvalue weighted by molar-refractivity contribution is -0.150. The molecule has 0 bridgehead atoms. The highest BCUT2D eigenvalue weighted by atomic mass is 16.6. The first-order chi connectivity index (χ1) is 7.97. The van der Waals surface area contributed by atoms with E-state index < -0.39 is 11.9 Å². The van der Waals surface area contributed by atoms with E-state index in [1.54, 1.807) is 14.1 Å². The van der Waals surface area contributed by atoms with Gasteiger partial charge in [-0.05, 0) is 0 Å². The quantitative estimate of drug-likeness (QED) is 0.361. The number of rotatable bonds is 7. The van der Waals surface area contributed by atoms with Crippen molar-refractivity contribution in [3.8, 4) is 0 Å². The zero-order valence-corrected chi connectivity index (χ0v) is 10.1. The van der Waals surface area contributed by atoms with E-state index >= 15 is 0 Å². The highest BCUT2D eigenvalue weighted by Gasteiger charge is 2.09. The van der Waals surface area contributed by atoms with Gasteiger partial charge in [0.15, 0.2) is 0 Å². The summed E-state index contributed by atoms with van der Waals surface area (Å²) in [5, 5.41) is 0. The Balaban J connectivity index is 3.57. The summed E-state index contributed by atoms with van der Waals surface area (Å²) in [5.74, 6) is -1.20. The minimum Gasteiger partial charge on any atom is -0.462 e. The highest BCUT2D eigenvalue weighted by Crippen LogP contribution is 1.96. The van der Waals surface area contributed by atoms with E-state index in [1.807, 2.05) is 0 Å². The van der Waals surface area contributed by atoms with E-state index in [4.69, 9.17) is 4.74 Å². The van der Waals surface area contributed by atoms with Gasteiger partial charge < -0.3 is 14.4 Å². The van der Waals surface area contributed by atoms with E-state index in [1.165, 1.54) is 4.90 Å². The molecule has 0 aromatic rings. The van der Waals surface area contributed by atoms with E-state index in [9.17, 15) is 14.4 Å². The number of esters is 2. The SMILES string of the molecule is C=CC(=O)OCCOC(=O)CCC(=O)N(C)C. The van der Waals surface area contributed by atoms with E-state index in [-0.39, 0.29) is 32.0 Å².